The average molecular weight is 403 g/mol. The summed E-state index contributed by atoms with van der Waals surface area (Å²) in [5.74, 6) is 0.0275. The Labute approximate surface area is 173 Å². The van der Waals surface area contributed by atoms with Gasteiger partial charge in [0.05, 0.1) is 18.8 Å². The third-order valence-electron chi connectivity index (χ3n) is 4.90. The van der Waals surface area contributed by atoms with Crippen molar-refractivity contribution in [2.45, 2.75) is 25.9 Å². The second kappa shape index (κ2) is 8.60. The van der Waals surface area contributed by atoms with Gasteiger partial charge in [-0.2, -0.15) is 5.10 Å². The number of benzene rings is 2. The van der Waals surface area contributed by atoms with Gasteiger partial charge in [-0.1, -0.05) is 48.5 Å². The van der Waals surface area contributed by atoms with E-state index in [1.54, 1.807) is 29.2 Å². The first-order valence-electron chi connectivity index (χ1n) is 9.65. The maximum Gasteiger partial charge on any atom is 0.322 e. The lowest BCUT2D eigenvalue weighted by molar-refractivity contribution is -0.116. The number of aromatic nitrogens is 2. The summed E-state index contributed by atoms with van der Waals surface area (Å²) < 4.78 is 0. The molecule has 4 rings (SSSR count). The molecule has 152 valence electrons. The number of aromatic amines is 1. The zero-order valence-electron chi connectivity index (χ0n) is 16.2. The van der Waals surface area contributed by atoms with Crippen molar-refractivity contribution in [3.63, 3.8) is 0 Å². The topological polar surface area (TPSA) is 107 Å². The highest BCUT2D eigenvalue weighted by molar-refractivity contribution is 6.00. The van der Waals surface area contributed by atoms with E-state index in [0.717, 1.165) is 11.3 Å². The van der Waals surface area contributed by atoms with Gasteiger partial charge in [0.25, 0.3) is 0 Å². The molecule has 3 aromatic rings. The lowest BCUT2D eigenvalue weighted by atomic mass is 10.1. The summed E-state index contributed by atoms with van der Waals surface area (Å²) in [6.07, 6.45) is 0.182. The summed E-state index contributed by atoms with van der Waals surface area (Å²) in [4.78, 5) is 38.6. The molecule has 0 spiro atoms. The van der Waals surface area contributed by atoms with Crippen LogP contribution in [0.25, 0.3) is 0 Å². The van der Waals surface area contributed by atoms with Gasteiger partial charge in [0.1, 0.15) is 0 Å². The third kappa shape index (κ3) is 4.38. The van der Waals surface area contributed by atoms with E-state index < -0.39 is 0 Å². The number of H-pyrrole nitrogens is 1. The molecule has 3 N–H and O–H groups in total. The monoisotopic (exact) mass is 403 g/mol. The number of carbonyl (C=O) groups is 3. The molecule has 1 aliphatic rings. The number of hydrogen-bond acceptors (Lipinski definition) is 4. The molecule has 0 radical (unpaired) electrons. The molecule has 0 unspecified atom stereocenters. The van der Waals surface area contributed by atoms with E-state index in [0.29, 0.717) is 30.2 Å². The van der Waals surface area contributed by atoms with Crippen LogP contribution in [0.15, 0.2) is 60.7 Å². The van der Waals surface area contributed by atoms with Crippen LogP contribution in [-0.4, -0.2) is 32.8 Å². The Bertz CT molecular complexity index is 1060. The molecule has 0 saturated heterocycles. The zero-order valence-corrected chi connectivity index (χ0v) is 16.2. The molecular formula is C22H21N5O3. The standard InChI is InChI=1S/C22H21N5O3/c28-19(15-7-3-1-4-8-15)11-12-20(29)24-21-17-13-27(14-18(17)25-26-21)22(30)23-16-9-5-2-6-10-16/h1-10H,11-14H2,(H,23,30)(H2,24,25,26,29). The van der Waals surface area contributed by atoms with Gasteiger partial charge in [0.2, 0.25) is 5.91 Å². The molecule has 2 heterocycles. The Kier molecular flexibility index (Phi) is 5.56. The summed E-state index contributed by atoms with van der Waals surface area (Å²) in [5.41, 5.74) is 2.87. The predicted octanol–water partition coefficient (Wildman–Crippen LogP) is 3.56. The first-order valence-corrected chi connectivity index (χ1v) is 9.65. The van der Waals surface area contributed by atoms with Crippen LogP contribution < -0.4 is 10.6 Å². The minimum atomic E-state index is -0.291. The molecule has 0 saturated carbocycles. The second-order valence-corrected chi connectivity index (χ2v) is 7.02. The SMILES string of the molecule is O=C(CCC(=O)c1ccccc1)Nc1n[nH]c2c1CN(C(=O)Nc1ccccc1)C2. The van der Waals surface area contributed by atoms with E-state index in [4.69, 9.17) is 0 Å². The summed E-state index contributed by atoms with van der Waals surface area (Å²) in [7, 11) is 0. The Morgan fingerprint density at radius 3 is 2.33 bits per heavy atom. The molecule has 1 aliphatic heterocycles. The van der Waals surface area contributed by atoms with Crippen molar-refractivity contribution >= 4 is 29.2 Å². The van der Waals surface area contributed by atoms with Crippen LogP contribution in [0.4, 0.5) is 16.3 Å². The highest BCUT2D eigenvalue weighted by atomic mass is 16.2. The molecule has 3 amide bonds. The van der Waals surface area contributed by atoms with Crippen molar-refractivity contribution in [1.29, 1.82) is 0 Å². The Morgan fingerprint density at radius 2 is 1.60 bits per heavy atom. The van der Waals surface area contributed by atoms with Crippen LogP contribution in [0.3, 0.4) is 0 Å². The van der Waals surface area contributed by atoms with Gasteiger partial charge < -0.3 is 15.5 Å². The van der Waals surface area contributed by atoms with Crippen molar-refractivity contribution in [3.8, 4) is 0 Å². The smallest absolute Gasteiger partial charge is 0.314 e. The summed E-state index contributed by atoms with van der Waals surface area (Å²) in [5, 5.41) is 12.6. The number of carbonyl (C=O) groups excluding carboxylic acids is 3. The largest absolute Gasteiger partial charge is 0.322 e. The van der Waals surface area contributed by atoms with E-state index in [1.807, 2.05) is 36.4 Å². The minimum Gasteiger partial charge on any atom is -0.314 e. The maximum absolute atomic E-state index is 12.5. The molecule has 0 atom stereocenters. The lowest BCUT2D eigenvalue weighted by Crippen LogP contribution is -2.30. The van der Waals surface area contributed by atoms with Crippen molar-refractivity contribution in [3.05, 3.63) is 77.5 Å². The van der Waals surface area contributed by atoms with Gasteiger partial charge in [0.15, 0.2) is 11.6 Å². The van der Waals surface area contributed by atoms with Gasteiger partial charge >= 0.3 is 6.03 Å². The molecule has 30 heavy (non-hydrogen) atoms. The molecular weight excluding hydrogens is 382 g/mol. The van der Waals surface area contributed by atoms with Gasteiger partial charge in [0, 0.05) is 29.7 Å². The quantitative estimate of drug-likeness (QED) is 0.547. The number of Topliss-reactive ketones (excluding diaryl/α,β-unsaturated/α-hetero) is 1. The van der Waals surface area contributed by atoms with Gasteiger partial charge in [-0.15, -0.1) is 0 Å². The number of nitrogens with one attached hydrogen (secondary N) is 3. The number of nitrogens with zero attached hydrogens (tertiary/aromatic N) is 2. The fourth-order valence-corrected chi connectivity index (χ4v) is 3.30. The number of ketones is 1. The molecule has 0 bridgehead atoms. The van der Waals surface area contributed by atoms with Crippen LogP contribution in [0.2, 0.25) is 0 Å². The summed E-state index contributed by atoms with van der Waals surface area (Å²) in [6, 6.07) is 17.9. The fourth-order valence-electron chi connectivity index (χ4n) is 3.30. The van der Waals surface area contributed by atoms with E-state index in [-0.39, 0.29) is 30.6 Å². The van der Waals surface area contributed by atoms with Crippen LogP contribution in [0, 0.1) is 0 Å². The van der Waals surface area contributed by atoms with Gasteiger partial charge in [-0.25, -0.2) is 4.79 Å². The molecule has 2 aromatic carbocycles. The molecule has 0 aliphatic carbocycles. The van der Waals surface area contributed by atoms with Crippen LogP contribution in [-0.2, 0) is 17.9 Å². The normalized spacial score (nSPS) is 12.3. The van der Waals surface area contributed by atoms with Crippen LogP contribution >= 0.6 is 0 Å². The number of para-hydroxylation sites is 1. The van der Waals surface area contributed by atoms with E-state index in [2.05, 4.69) is 20.8 Å². The number of rotatable bonds is 6. The number of urea groups is 1. The number of amides is 3. The molecule has 8 heteroatoms. The van der Waals surface area contributed by atoms with Crippen molar-refractivity contribution in [2.75, 3.05) is 10.6 Å². The van der Waals surface area contributed by atoms with Crippen molar-refractivity contribution in [2.24, 2.45) is 0 Å². The predicted molar refractivity (Wildman–Crippen MR) is 112 cm³/mol. The highest BCUT2D eigenvalue weighted by Crippen LogP contribution is 2.27. The summed E-state index contributed by atoms with van der Waals surface area (Å²) >= 11 is 0. The van der Waals surface area contributed by atoms with E-state index in [1.165, 1.54) is 0 Å². The second-order valence-electron chi connectivity index (χ2n) is 7.02. The lowest BCUT2D eigenvalue weighted by Gasteiger charge is -2.16. The van der Waals surface area contributed by atoms with Crippen molar-refractivity contribution in [1.82, 2.24) is 15.1 Å². The first kappa shape index (κ1) is 19.4. The third-order valence-corrected chi connectivity index (χ3v) is 4.90. The Hall–Kier alpha value is -3.94. The number of anilines is 2. The average Bonchev–Trinajstić information content (AvgIpc) is 3.35. The van der Waals surface area contributed by atoms with Crippen LogP contribution in [0.5, 0.6) is 0 Å². The van der Waals surface area contributed by atoms with Gasteiger partial charge in [-0.3, -0.25) is 14.7 Å². The highest BCUT2D eigenvalue weighted by Gasteiger charge is 2.29. The minimum absolute atomic E-state index is 0.0631. The maximum atomic E-state index is 12.5. The Balaban J connectivity index is 1.31. The van der Waals surface area contributed by atoms with Crippen LogP contribution in [0.1, 0.15) is 34.5 Å². The first-order chi connectivity index (χ1) is 14.6. The van der Waals surface area contributed by atoms with Gasteiger partial charge in [-0.05, 0) is 12.1 Å². The zero-order chi connectivity index (χ0) is 20.9. The molecule has 8 nitrogen and oxygen atoms in total. The Morgan fingerprint density at radius 1 is 0.900 bits per heavy atom. The molecule has 1 aromatic heterocycles. The number of fused-ring (bicyclic) bond motifs is 1. The van der Waals surface area contributed by atoms with E-state index in [9.17, 15) is 14.4 Å². The number of hydrogen-bond donors (Lipinski definition) is 3. The molecule has 0 fully saturated rings. The van der Waals surface area contributed by atoms with E-state index >= 15 is 0 Å². The van der Waals surface area contributed by atoms with Crippen molar-refractivity contribution < 1.29 is 14.4 Å². The summed E-state index contributed by atoms with van der Waals surface area (Å²) in [6.45, 7) is 0.715. The fraction of sp³-hybridized carbons (Fsp3) is 0.182.